The third-order valence-corrected chi connectivity index (χ3v) is 3.88. The van der Waals surface area contributed by atoms with Crippen molar-refractivity contribution in [2.75, 3.05) is 14.2 Å². The standard InChI is InChI=1S/C17H12N2O3/c1-21-16-10-6-4-3-5-9(10)13-12-11(7-8-18-13)15(20)17(22-2)19-14(12)16/h3-8H,1-2H3. The highest BCUT2D eigenvalue weighted by Crippen LogP contribution is 2.45. The zero-order chi connectivity index (χ0) is 15.3. The van der Waals surface area contributed by atoms with E-state index in [1.54, 1.807) is 19.4 Å². The molecule has 0 amide bonds. The first-order valence-electron chi connectivity index (χ1n) is 6.81. The number of Topliss-reactive ketones (excluding diaryl/α,β-unsaturated/α-hetero) is 1. The van der Waals surface area contributed by atoms with Gasteiger partial charge in [0.1, 0.15) is 5.69 Å². The molecule has 108 valence electrons. The van der Waals surface area contributed by atoms with Gasteiger partial charge in [-0.15, -0.1) is 0 Å². The summed E-state index contributed by atoms with van der Waals surface area (Å²) in [5.74, 6) is 0.452. The topological polar surface area (TPSA) is 60.8 Å². The van der Waals surface area contributed by atoms with E-state index in [2.05, 4.69) is 9.98 Å². The summed E-state index contributed by atoms with van der Waals surface area (Å²) in [6.07, 6.45) is 1.64. The van der Waals surface area contributed by atoms with Crippen molar-refractivity contribution in [3.8, 4) is 5.75 Å². The number of carbonyl (C=O) groups excluding carboxylic acids is 1. The summed E-state index contributed by atoms with van der Waals surface area (Å²) in [6.45, 7) is 0. The minimum atomic E-state index is -0.236. The molecule has 1 aliphatic rings. The van der Waals surface area contributed by atoms with E-state index >= 15 is 0 Å². The normalized spacial score (nSPS) is 13.4. The average Bonchev–Trinajstić information content (AvgIpc) is 2.57. The molecule has 0 fully saturated rings. The Labute approximate surface area is 126 Å². The third-order valence-electron chi connectivity index (χ3n) is 3.88. The smallest absolute Gasteiger partial charge is 0.263 e. The molecule has 22 heavy (non-hydrogen) atoms. The van der Waals surface area contributed by atoms with Crippen LogP contribution in [0.1, 0.15) is 10.4 Å². The van der Waals surface area contributed by atoms with Crippen LogP contribution < -0.4 is 4.74 Å². The molecule has 2 aromatic carbocycles. The van der Waals surface area contributed by atoms with Crippen molar-refractivity contribution in [3.63, 3.8) is 0 Å². The summed E-state index contributed by atoms with van der Waals surface area (Å²) >= 11 is 0. The van der Waals surface area contributed by atoms with Gasteiger partial charge in [-0.25, -0.2) is 4.99 Å². The largest absolute Gasteiger partial charge is 0.494 e. The monoisotopic (exact) mass is 292 g/mol. The number of aliphatic imine (C=N–C) groups is 1. The Morgan fingerprint density at radius 2 is 1.77 bits per heavy atom. The molecule has 5 heteroatoms. The Morgan fingerprint density at radius 3 is 2.50 bits per heavy atom. The highest BCUT2D eigenvalue weighted by molar-refractivity contribution is 6.48. The van der Waals surface area contributed by atoms with Crippen molar-refractivity contribution in [3.05, 3.63) is 42.1 Å². The first kappa shape index (κ1) is 12.8. The van der Waals surface area contributed by atoms with E-state index in [1.165, 1.54) is 7.11 Å². The summed E-state index contributed by atoms with van der Waals surface area (Å²) in [5.41, 5.74) is 1.88. The third kappa shape index (κ3) is 1.50. The minimum Gasteiger partial charge on any atom is -0.494 e. The molecule has 0 saturated heterocycles. The molecule has 0 spiro atoms. The Morgan fingerprint density at radius 1 is 1.00 bits per heavy atom. The number of rotatable bonds is 1. The number of benzene rings is 2. The van der Waals surface area contributed by atoms with Crippen molar-refractivity contribution in [2.24, 2.45) is 4.99 Å². The van der Waals surface area contributed by atoms with Gasteiger partial charge in [-0.2, -0.15) is 0 Å². The first-order valence-corrected chi connectivity index (χ1v) is 6.81. The highest BCUT2D eigenvalue weighted by Gasteiger charge is 2.28. The second-order valence-corrected chi connectivity index (χ2v) is 4.96. The second kappa shape index (κ2) is 4.53. The maximum atomic E-state index is 12.4. The number of hydrogen-bond donors (Lipinski definition) is 0. The Hall–Kier alpha value is -2.95. The predicted octanol–water partition coefficient (Wildman–Crippen LogP) is 3.27. The fourth-order valence-corrected chi connectivity index (χ4v) is 2.94. The zero-order valence-corrected chi connectivity index (χ0v) is 12.1. The number of ketones is 1. The predicted molar refractivity (Wildman–Crippen MR) is 84.2 cm³/mol. The zero-order valence-electron chi connectivity index (χ0n) is 12.1. The van der Waals surface area contributed by atoms with E-state index in [1.807, 2.05) is 24.3 Å². The molecule has 0 saturated carbocycles. The Bertz CT molecular complexity index is 976. The number of fused-ring (bicyclic) bond motifs is 2. The quantitative estimate of drug-likeness (QED) is 0.646. The SMILES string of the molecule is COC1=Nc2c(OC)c3ccccc3c3nccc(c23)C1=O. The van der Waals surface area contributed by atoms with Crippen LogP contribution in [-0.4, -0.2) is 30.9 Å². The van der Waals surface area contributed by atoms with Gasteiger partial charge < -0.3 is 9.47 Å². The molecule has 0 radical (unpaired) electrons. The maximum absolute atomic E-state index is 12.4. The van der Waals surface area contributed by atoms with Gasteiger partial charge in [0, 0.05) is 27.9 Å². The van der Waals surface area contributed by atoms with Crippen LogP contribution in [0.4, 0.5) is 5.69 Å². The number of hydrogen-bond acceptors (Lipinski definition) is 5. The molecule has 4 rings (SSSR count). The van der Waals surface area contributed by atoms with Gasteiger partial charge in [0.15, 0.2) is 5.75 Å². The molecule has 0 N–H and O–H groups in total. The van der Waals surface area contributed by atoms with Gasteiger partial charge in [-0.05, 0) is 6.07 Å². The van der Waals surface area contributed by atoms with E-state index in [9.17, 15) is 4.79 Å². The van der Waals surface area contributed by atoms with Gasteiger partial charge in [0.05, 0.1) is 19.7 Å². The lowest BCUT2D eigenvalue weighted by Crippen LogP contribution is -2.19. The number of methoxy groups -OCH3 is 2. The summed E-state index contributed by atoms with van der Waals surface area (Å²) in [7, 11) is 3.03. The minimum absolute atomic E-state index is 0.0635. The van der Waals surface area contributed by atoms with Crippen LogP contribution in [0.5, 0.6) is 5.75 Å². The number of ether oxygens (including phenoxy) is 2. The highest BCUT2D eigenvalue weighted by atomic mass is 16.5. The average molecular weight is 292 g/mol. The molecule has 0 unspecified atom stereocenters. The van der Waals surface area contributed by atoms with Crippen molar-refractivity contribution in [1.29, 1.82) is 0 Å². The van der Waals surface area contributed by atoms with Gasteiger partial charge >= 0.3 is 0 Å². The van der Waals surface area contributed by atoms with Gasteiger partial charge in [0.25, 0.3) is 5.90 Å². The molecule has 0 aliphatic carbocycles. The molecule has 0 bridgehead atoms. The summed E-state index contributed by atoms with van der Waals surface area (Å²) in [6, 6.07) is 9.48. The van der Waals surface area contributed by atoms with Crippen molar-refractivity contribution < 1.29 is 14.3 Å². The molecular weight excluding hydrogens is 280 g/mol. The maximum Gasteiger partial charge on any atom is 0.263 e. The second-order valence-electron chi connectivity index (χ2n) is 4.96. The fraction of sp³-hybridized carbons (Fsp3) is 0.118. The summed E-state index contributed by atoms with van der Waals surface area (Å²) in [5, 5.41) is 2.55. The molecule has 0 atom stereocenters. The van der Waals surface area contributed by atoms with Crippen LogP contribution in [0.25, 0.3) is 21.7 Å². The van der Waals surface area contributed by atoms with Crippen LogP contribution in [-0.2, 0) is 4.74 Å². The molecule has 3 aromatic rings. The van der Waals surface area contributed by atoms with Gasteiger partial charge in [0.2, 0.25) is 5.78 Å². The van der Waals surface area contributed by atoms with E-state index in [0.29, 0.717) is 22.4 Å². The lowest BCUT2D eigenvalue weighted by Gasteiger charge is -2.19. The lowest BCUT2D eigenvalue weighted by molar-refractivity contribution is 0.103. The fourth-order valence-electron chi connectivity index (χ4n) is 2.94. The van der Waals surface area contributed by atoms with Crippen LogP contribution in [0, 0.1) is 0 Å². The van der Waals surface area contributed by atoms with Crippen molar-refractivity contribution in [2.45, 2.75) is 0 Å². The molecule has 5 nitrogen and oxygen atoms in total. The van der Waals surface area contributed by atoms with Gasteiger partial charge in [-0.1, -0.05) is 24.3 Å². The Balaban J connectivity index is 2.31. The van der Waals surface area contributed by atoms with Crippen molar-refractivity contribution in [1.82, 2.24) is 4.98 Å². The molecule has 2 heterocycles. The van der Waals surface area contributed by atoms with Crippen LogP contribution in [0.15, 0.2) is 41.5 Å². The summed E-state index contributed by atoms with van der Waals surface area (Å²) < 4.78 is 10.7. The number of carbonyl (C=O) groups is 1. The first-order chi connectivity index (χ1) is 10.8. The molecule has 1 aliphatic heterocycles. The van der Waals surface area contributed by atoms with Gasteiger partial charge in [-0.3, -0.25) is 9.78 Å². The Kier molecular flexibility index (Phi) is 2.63. The molecular formula is C17H12N2O3. The van der Waals surface area contributed by atoms with Crippen molar-refractivity contribution >= 4 is 39.0 Å². The van der Waals surface area contributed by atoms with Crippen LogP contribution in [0.3, 0.4) is 0 Å². The number of nitrogens with zero attached hydrogens (tertiary/aromatic N) is 2. The van der Waals surface area contributed by atoms with Crippen LogP contribution >= 0.6 is 0 Å². The number of pyridine rings is 1. The summed E-state index contributed by atoms with van der Waals surface area (Å²) in [4.78, 5) is 21.3. The van der Waals surface area contributed by atoms with E-state index < -0.39 is 0 Å². The van der Waals surface area contributed by atoms with Crippen LogP contribution in [0.2, 0.25) is 0 Å². The van der Waals surface area contributed by atoms with E-state index in [-0.39, 0.29) is 11.7 Å². The van der Waals surface area contributed by atoms with E-state index in [0.717, 1.165) is 16.3 Å². The lowest BCUT2D eigenvalue weighted by atomic mass is 9.96. The molecule has 1 aromatic heterocycles. The number of aromatic nitrogens is 1. The van der Waals surface area contributed by atoms with E-state index in [4.69, 9.17) is 9.47 Å².